The van der Waals surface area contributed by atoms with Crippen molar-refractivity contribution in [1.29, 1.82) is 0 Å². The summed E-state index contributed by atoms with van der Waals surface area (Å²) in [5, 5.41) is 3.89. The molecule has 2 N–H and O–H groups in total. The Hall–Kier alpha value is -0.890. The number of hydrogen-bond donors (Lipinski definition) is 1. The van der Waals surface area contributed by atoms with Gasteiger partial charge >= 0.3 is 0 Å². The molecule has 8 heteroatoms. The van der Waals surface area contributed by atoms with E-state index in [0.29, 0.717) is 18.0 Å². The maximum atomic E-state index is 12.3. The van der Waals surface area contributed by atoms with E-state index >= 15 is 0 Å². The molecule has 1 aliphatic heterocycles. The van der Waals surface area contributed by atoms with Crippen LogP contribution in [0.5, 0.6) is 0 Å². The Kier molecular flexibility index (Phi) is 4.53. The quantitative estimate of drug-likeness (QED) is 0.887. The van der Waals surface area contributed by atoms with Crippen molar-refractivity contribution in [2.24, 2.45) is 7.05 Å². The number of sulfone groups is 1. The van der Waals surface area contributed by atoms with Crippen molar-refractivity contribution in [3.05, 3.63) is 5.69 Å². The van der Waals surface area contributed by atoms with Crippen LogP contribution in [0.2, 0.25) is 0 Å². The minimum atomic E-state index is -3.14. The number of nitrogens with zero attached hydrogens (tertiary/aromatic N) is 3. The minimum Gasteiger partial charge on any atom is -0.394 e. The highest BCUT2D eigenvalue weighted by Crippen LogP contribution is 2.33. The Morgan fingerprint density at radius 2 is 2.15 bits per heavy atom. The Bertz CT molecular complexity index is 583. The zero-order valence-electron chi connectivity index (χ0n) is 12.2. The lowest BCUT2D eigenvalue weighted by atomic mass is 10.3. The highest BCUT2D eigenvalue weighted by atomic mass is 32.2. The molecule has 1 aliphatic rings. The van der Waals surface area contributed by atoms with E-state index < -0.39 is 15.2 Å². The molecule has 2 rings (SSSR count). The summed E-state index contributed by atoms with van der Waals surface area (Å²) >= 11 is 1.68. The fourth-order valence-electron chi connectivity index (χ4n) is 2.50. The van der Waals surface area contributed by atoms with Gasteiger partial charge in [-0.25, -0.2) is 8.42 Å². The third-order valence-corrected chi connectivity index (χ3v) is 6.93. The summed E-state index contributed by atoms with van der Waals surface area (Å²) in [6.07, 6.45) is 0.744. The maximum absolute atomic E-state index is 12.3. The molecule has 2 heterocycles. The van der Waals surface area contributed by atoms with Gasteiger partial charge in [0.25, 0.3) is 0 Å². The van der Waals surface area contributed by atoms with Crippen molar-refractivity contribution in [1.82, 2.24) is 9.78 Å². The maximum Gasteiger partial charge on any atom is 0.171 e. The van der Waals surface area contributed by atoms with Gasteiger partial charge in [-0.2, -0.15) is 16.9 Å². The molecule has 6 nitrogen and oxygen atoms in total. The van der Waals surface area contributed by atoms with Crippen LogP contribution in [-0.2, 0) is 23.3 Å². The first kappa shape index (κ1) is 15.5. The lowest BCUT2D eigenvalue weighted by Gasteiger charge is -2.36. The number of aryl methyl sites for hydroxylation is 2. The van der Waals surface area contributed by atoms with E-state index in [4.69, 9.17) is 5.73 Å². The molecule has 1 atom stereocenters. The van der Waals surface area contributed by atoms with Crippen molar-refractivity contribution >= 4 is 33.1 Å². The van der Waals surface area contributed by atoms with Crippen LogP contribution in [0.25, 0.3) is 0 Å². The molecule has 0 amide bonds. The van der Waals surface area contributed by atoms with Gasteiger partial charge in [0.1, 0.15) is 5.37 Å². The predicted molar refractivity (Wildman–Crippen MR) is 84.9 cm³/mol. The molecule has 114 valence electrons. The van der Waals surface area contributed by atoms with E-state index in [2.05, 4.69) is 5.10 Å². The molecule has 1 unspecified atom stereocenters. The second kappa shape index (κ2) is 5.85. The van der Waals surface area contributed by atoms with E-state index in [1.54, 1.807) is 23.4 Å². The zero-order chi connectivity index (χ0) is 14.9. The Balaban J connectivity index is 2.46. The molecule has 0 radical (unpaired) electrons. The van der Waals surface area contributed by atoms with E-state index in [1.165, 1.54) is 0 Å². The predicted octanol–water partition coefficient (Wildman–Crippen LogP) is 0.879. The van der Waals surface area contributed by atoms with E-state index in [1.807, 2.05) is 18.9 Å². The molecule has 0 aliphatic carbocycles. The Morgan fingerprint density at radius 1 is 1.45 bits per heavy atom. The number of nitrogens with two attached hydrogens (primary N) is 1. The molecule has 1 saturated heterocycles. The van der Waals surface area contributed by atoms with Crippen LogP contribution in [0.3, 0.4) is 0 Å². The third kappa shape index (κ3) is 2.63. The van der Waals surface area contributed by atoms with Crippen molar-refractivity contribution in [3.63, 3.8) is 0 Å². The molecular weight excluding hydrogens is 296 g/mol. The standard InChI is InChI=1S/C12H22N4O2S2/c1-4-9-11(13)12(15(3)14-9)16-6-7-19-8-10(16)20(17,18)5-2/h10H,4-8,13H2,1-3H3. The fourth-order valence-corrected chi connectivity index (χ4v) is 5.47. The normalized spacial score (nSPS) is 20.4. The van der Waals surface area contributed by atoms with E-state index in [9.17, 15) is 8.42 Å². The van der Waals surface area contributed by atoms with Crippen molar-refractivity contribution in [2.45, 2.75) is 25.6 Å². The first-order valence-electron chi connectivity index (χ1n) is 6.79. The summed E-state index contributed by atoms with van der Waals surface area (Å²) in [4.78, 5) is 1.91. The number of nitrogen functional groups attached to an aromatic ring is 1. The molecule has 0 saturated carbocycles. The third-order valence-electron chi connectivity index (χ3n) is 3.64. The van der Waals surface area contributed by atoms with Crippen LogP contribution in [0.1, 0.15) is 19.5 Å². The zero-order valence-corrected chi connectivity index (χ0v) is 13.8. The van der Waals surface area contributed by atoms with Gasteiger partial charge in [-0.05, 0) is 6.42 Å². The van der Waals surface area contributed by atoms with Crippen molar-refractivity contribution < 1.29 is 8.42 Å². The highest BCUT2D eigenvalue weighted by molar-refractivity contribution is 8.01. The summed E-state index contributed by atoms with van der Waals surface area (Å²) in [5.41, 5.74) is 7.60. The van der Waals surface area contributed by atoms with Gasteiger partial charge in [-0.1, -0.05) is 13.8 Å². The smallest absolute Gasteiger partial charge is 0.171 e. The van der Waals surface area contributed by atoms with Gasteiger partial charge in [0.15, 0.2) is 15.7 Å². The van der Waals surface area contributed by atoms with Crippen LogP contribution in [0.15, 0.2) is 0 Å². The lowest BCUT2D eigenvalue weighted by molar-refractivity contribution is 0.576. The number of rotatable bonds is 4. The van der Waals surface area contributed by atoms with Gasteiger partial charge in [-0.3, -0.25) is 4.68 Å². The summed E-state index contributed by atoms with van der Waals surface area (Å²) in [6.45, 7) is 4.37. The monoisotopic (exact) mass is 318 g/mol. The largest absolute Gasteiger partial charge is 0.394 e. The van der Waals surface area contributed by atoms with Crippen LogP contribution in [0, 0.1) is 0 Å². The number of hydrogen-bond acceptors (Lipinski definition) is 6. The number of aromatic nitrogens is 2. The van der Waals surface area contributed by atoms with Crippen LogP contribution in [-0.4, -0.2) is 47.4 Å². The molecule has 1 aromatic rings. The highest BCUT2D eigenvalue weighted by Gasteiger charge is 2.35. The molecule has 20 heavy (non-hydrogen) atoms. The minimum absolute atomic E-state index is 0.146. The van der Waals surface area contributed by atoms with Crippen molar-refractivity contribution in [3.8, 4) is 0 Å². The molecule has 0 aromatic carbocycles. The summed E-state index contributed by atoms with van der Waals surface area (Å²) in [5.74, 6) is 2.38. The summed E-state index contributed by atoms with van der Waals surface area (Å²) < 4.78 is 26.3. The van der Waals surface area contributed by atoms with Gasteiger partial charge in [0.2, 0.25) is 0 Å². The molecule has 0 spiro atoms. The van der Waals surface area contributed by atoms with Crippen molar-refractivity contribution in [2.75, 3.05) is 34.4 Å². The number of anilines is 2. The average Bonchev–Trinajstić information content (AvgIpc) is 2.73. The summed E-state index contributed by atoms with van der Waals surface area (Å²) in [7, 11) is -1.32. The van der Waals surface area contributed by atoms with Gasteiger partial charge < -0.3 is 10.6 Å². The summed E-state index contributed by atoms with van der Waals surface area (Å²) in [6, 6.07) is 0. The van der Waals surface area contributed by atoms with E-state index in [0.717, 1.165) is 23.7 Å². The SMILES string of the molecule is CCc1nn(C)c(N2CCSCC2S(=O)(=O)CC)c1N. The fraction of sp³-hybridized carbons (Fsp3) is 0.750. The van der Waals surface area contributed by atoms with Gasteiger partial charge in [0.05, 0.1) is 11.4 Å². The number of thioether (sulfide) groups is 1. The Labute approximate surface area is 124 Å². The lowest BCUT2D eigenvalue weighted by Crippen LogP contribution is -2.48. The molecule has 1 fully saturated rings. The Morgan fingerprint density at radius 3 is 2.70 bits per heavy atom. The van der Waals surface area contributed by atoms with Crippen LogP contribution in [0.4, 0.5) is 11.5 Å². The topological polar surface area (TPSA) is 81.2 Å². The van der Waals surface area contributed by atoms with Gasteiger partial charge in [0, 0.05) is 30.9 Å². The molecular formula is C12H22N4O2S2. The second-order valence-corrected chi connectivity index (χ2v) is 8.43. The first-order valence-corrected chi connectivity index (χ1v) is 9.66. The second-order valence-electron chi connectivity index (χ2n) is 4.84. The average molecular weight is 318 g/mol. The first-order chi connectivity index (χ1) is 9.42. The van der Waals surface area contributed by atoms with Gasteiger partial charge in [-0.15, -0.1) is 0 Å². The molecule has 0 bridgehead atoms. The van der Waals surface area contributed by atoms with Crippen LogP contribution >= 0.6 is 11.8 Å². The molecule has 1 aromatic heterocycles. The van der Waals surface area contributed by atoms with E-state index in [-0.39, 0.29) is 5.75 Å². The van der Waals surface area contributed by atoms with Crippen LogP contribution < -0.4 is 10.6 Å².